The van der Waals surface area contributed by atoms with Crippen LogP contribution in [0.2, 0.25) is 0 Å². The average molecular weight is 1020 g/mol. The molecule has 20 rings (SSSR count). The van der Waals surface area contributed by atoms with E-state index in [2.05, 4.69) is 243 Å². The van der Waals surface area contributed by atoms with Gasteiger partial charge in [-0.1, -0.05) is 231 Å². The van der Waals surface area contributed by atoms with E-state index >= 15 is 0 Å². The van der Waals surface area contributed by atoms with E-state index in [9.17, 15) is 0 Å². The molecule has 0 N–H and O–H groups in total. The maximum Gasteiger partial charge on any atom is -0.000718 e. The van der Waals surface area contributed by atoms with Crippen LogP contribution in [0.25, 0.3) is 89.0 Å². The lowest BCUT2D eigenvalue weighted by Gasteiger charge is -2.10. The van der Waals surface area contributed by atoms with Crippen molar-refractivity contribution in [2.45, 2.75) is 51.4 Å². The van der Waals surface area contributed by atoms with Crippen LogP contribution in [0.15, 0.2) is 243 Å². The van der Waals surface area contributed by atoms with Crippen molar-refractivity contribution < 1.29 is 0 Å². The van der Waals surface area contributed by atoms with E-state index in [0.717, 1.165) is 51.4 Å². The Hall–Kier alpha value is -9.36. The third kappa shape index (κ3) is 7.15. The van der Waals surface area contributed by atoms with Crippen LogP contribution in [-0.4, -0.2) is 0 Å². The molecule has 0 aliphatic heterocycles. The van der Waals surface area contributed by atoms with Gasteiger partial charge in [0.1, 0.15) is 0 Å². The van der Waals surface area contributed by atoms with Crippen molar-refractivity contribution in [2.75, 3.05) is 0 Å². The standard InChI is InChI=1S/4C20H14/c2*1-3-7-16-14(6-1)12-19-18(16)10-9-15-11-13-5-2-4-8-17(13)20(15)19;1-3-7-17-13(5-1)9-15-11-20-16(12-19(15)17)10-14-6-2-4-8-18(14)20;1-3-7-17-13(5-1)11-15-9-10-16-12-14-6-2-4-8-18(14)20(16)19(15)17/h2*1-10H,11-12H2;1-8,11-12H,9-10H2;1-10H,11-12H2. The van der Waals surface area contributed by atoms with Gasteiger partial charge in [-0.05, 0) is 242 Å². The summed E-state index contributed by atoms with van der Waals surface area (Å²) in [6.45, 7) is 0. The number of hydrogen-bond acceptors (Lipinski definition) is 0. The second-order valence-corrected chi connectivity index (χ2v) is 23.2. The minimum atomic E-state index is 1.08. The highest BCUT2D eigenvalue weighted by Crippen LogP contribution is 2.52. The maximum atomic E-state index is 2.43. The summed E-state index contributed by atoms with van der Waals surface area (Å²) >= 11 is 0. The smallest absolute Gasteiger partial charge is 0.000718 e. The fourth-order valence-electron chi connectivity index (χ4n) is 15.3. The van der Waals surface area contributed by atoms with Gasteiger partial charge in [-0.15, -0.1) is 0 Å². The summed E-state index contributed by atoms with van der Waals surface area (Å²) in [7, 11) is 0. The zero-order valence-corrected chi connectivity index (χ0v) is 44.8. The fourth-order valence-corrected chi connectivity index (χ4v) is 15.3. The van der Waals surface area contributed by atoms with Crippen LogP contribution in [0, 0.1) is 0 Å². The second kappa shape index (κ2) is 18.1. The molecule has 0 atom stereocenters. The summed E-state index contributed by atoms with van der Waals surface area (Å²) in [6.07, 6.45) is 8.69. The average Bonchev–Trinajstić information content (AvgIpc) is 4.48. The minimum Gasteiger partial charge on any atom is -0.0619 e. The summed E-state index contributed by atoms with van der Waals surface area (Å²) in [5.74, 6) is 0. The van der Waals surface area contributed by atoms with Gasteiger partial charge in [0.15, 0.2) is 0 Å². The van der Waals surface area contributed by atoms with Gasteiger partial charge in [-0.25, -0.2) is 0 Å². The summed E-state index contributed by atoms with van der Waals surface area (Å²) in [6, 6.07) is 89.6. The van der Waals surface area contributed by atoms with E-state index in [4.69, 9.17) is 0 Å². The molecule has 8 aliphatic rings. The predicted molar refractivity (Wildman–Crippen MR) is 332 cm³/mol. The summed E-state index contributed by atoms with van der Waals surface area (Å²) in [4.78, 5) is 0. The third-order valence-corrected chi connectivity index (χ3v) is 18.9. The molecule has 0 saturated heterocycles. The van der Waals surface area contributed by atoms with Gasteiger partial charge in [0.2, 0.25) is 0 Å². The normalized spacial score (nSPS) is 13.6. The topological polar surface area (TPSA) is 0 Å². The van der Waals surface area contributed by atoms with Crippen molar-refractivity contribution in [3.63, 3.8) is 0 Å². The van der Waals surface area contributed by atoms with E-state index in [1.165, 1.54) is 178 Å². The molecule has 0 heterocycles. The first-order valence-electron chi connectivity index (χ1n) is 28.9. The van der Waals surface area contributed by atoms with Crippen molar-refractivity contribution in [3.05, 3.63) is 332 Å². The zero-order chi connectivity index (χ0) is 52.4. The predicted octanol–water partition coefficient (Wildman–Crippen LogP) is 19.3. The molecule has 0 heteroatoms. The largest absolute Gasteiger partial charge is 0.0619 e. The Morgan fingerprint density at radius 3 is 0.700 bits per heavy atom. The van der Waals surface area contributed by atoms with Crippen molar-refractivity contribution in [2.24, 2.45) is 0 Å². The van der Waals surface area contributed by atoms with E-state index in [-0.39, 0.29) is 0 Å². The Labute approximate surface area is 469 Å². The summed E-state index contributed by atoms with van der Waals surface area (Å²) in [5, 5.41) is 0. The van der Waals surface area contributed by atoms with E-state index in [0.29, 0.717) is 0 Å². The zero-order valence-electron chi connectivity index (χ0n) is 44.8. The number of fused-ring (bicyclic) bond motifs is 27. The Bertz CT molecular complexity index is 4300. The first kappa shape index (κ1) is 45.6. The molecule has 0 aromatic heterocycles. The lowest BCUT2D eigenvalue weighted by atomic mass is 9.94. The molecular formula is C80H56. The van der Waals surface area contributed by atoms with Crippen LogP contribution in [-0.2, 0) is 51.4 Å². The molecule has 0 nitrogen and oxygen atoms in total. The molecule has 376 valence electrons. The molecule has 0 bridgehead atoms. The van der Waals surface area contributed by atoms with Gasteiger partial charge in [0, 0.05) is 0 Å². The Morgan fingerprint density at radius 2 is 0.362 bits per heavy atom. The van der Waals surface area contributed by atoms with Crippen molar-refractivity contribution in [3.8, 4) is 89.0 Å². The van der Waals surface area contributed by atoms with Crippen molar-refractivity contribution in [1.82, 2.24) is 0 Å². The summed E-state index contributed by atoms with van der Waals surface area (Å²) in [5.41, 5.74) is 47.1. The first-order chi connectivity index (χ1) is 39.6. The van der Waals surface area contributed by atoms with Gasteiger partial charge < -0.3 is 0 Å². The highest BCUT2D eigenvalue weighted by molar-refractivity contribution is 5.96. The molecule has 80 heavy (non-hydrogen) atoms. The van der Waals surface area contributed by atoms with Crippen LogP contribution in [0.3, 0.4) is 0 Å². The molecule has 12 aromatic rings. The quantitative estimate of drug-likeness (QED) is 0.142. The molecule has 12 aromatic carbocycles. The monoisotopic (exact) mass is 1020 g/mol. The fraction of sp³-hybridized carbons (Fsp3) is 0.100. The van der Waals surface area contributed by atoms with Crippen LogP contribution in [0.4, 0.5) is 0 Å². The number of rotatable bonds is 0. The minimum absolute atomic E-state index is 1.08. The lowest BCUT2D eigenvalue weighted by Crippen LogP contribution is -1.88. The SMILES string of the molecule is c1ccc2c(c1)Cc1c-2ccc2c1-c1ccccc1C2.c1ccc2c(c1)Cc1c-2ccc2c1-c1ccccc1C2.c1ccc2c(c1)Cc1cc3c(cc1-2)Cc1ccccc1-3.c1ccc2c(c1)Cc1ccc3c(c1-2)-c1ccccc1C3. The van der Waals surface area contributed by atoms with Gasteiger partial charge in [0.25, 0.3) is 0 Å². The molecule has 0 unspecified atom stereocenters. The molecule has 0 spiro atoms. The van der Waals surface area contributed by atoms with Crippen LogP contribution in [0.5, 0.6) is 0 Å². The first-order valence-corrected chi connectivity index (χ1v) is 28.9. The molecule has 8 aliphatic carbocycles. The molecular weight excluding hydrogens is 961 g/mol. The molecule has 0 radical (unpaired) electrons. The van der Waals surface area contributed by atoms with Crippen LogP contribution < -0.4 is 0 Å². The van der Waals surface area contributed by atoms with E-state index in [1.54, 1.807) is 0 Å². The Morgan fingerprint density at radius 1 is 0.138 bits per heavy atom. The van der Waals surface area contributed by atoms with Crippen molar-refractivity contribution in [1.29, 1.82) is 0 Å². The van der Waals surface area contributed by atoms with Crippen molar-refractivity contribution >= 4 is 0 Å². The Balaban J connectivity index is 0.0000000853. The van der Waals surface area contributed by atoms with Gasteiger partial charge in [-0.2, -0.15) is 0 Å². The summed E-state index contributed by atoms with van der Waals surface area (Å²) < 4.78 is 0. The molecule has 0 fully saturated rings. The van der Waals surface area contributed by atoms with E-state index in [1.807, 2.05) is 0 Å². The van der Waals surface area contributed by atoms with E-state index < -0.39 is 0 Å². The Kier molecular flexibility index (Phi) is 10.3. The number of hydrogen-bond donors (Lipinski definition) is 0. The van der Waals surface area contributed by atoms with Gasteiger partial charge in [-0.3, -0.25) is 0 Å². The highest BCUT2D eigenvalue weighted by Gasteiger charge is 2.31. The van der Waals surface area contributed by atoms with Gasteiger partial charge in [0.05, 0.1) is 0 Å². The molecule has 0 amide bonds. The van der Waals surface area contributed by atoms with Crippen LogP contribution >= 0.6 is 0 Å². The maximum absolute atomic E-state index is 2.43. The lowest BCUT2D eigenvalue weighted by molar-refractivity contribution is 1.23. The number of benzene rings is 12. The van der Waals surface area contributed by atoms with Crippen LogP contribution in [0.1, 0.15) is 89.0 Å². The molecule has 0 saturated carbocycles. The highest BCUT2D eigenvalue weighted by atomic mass is 14.3. The second-order valence-electron chi connectivity index (χ2n) is 23.2. The third-order valence-electron chi connectivity index (χ3n) is 18.9. The van der Waals surface area contributed by atoms with Gasteiger partial charge >= 0.3 is 0 Å².